The fraction of sp³-hybridized carbons (Fsp3) is 1.00. The molecule has 0 aliphatic heterocycles. The van der Waals surface area contributed by atoms with Crippen LogP contribution >= 0.6 is 0 Å². The summed E-state index contributed by atoms with van der Waals surface area (Å²) in [6.45, 7) is 1.45. The fourth-order valence-electron chi connectivity index (χ4n) is 0.245. The molecule has 4 nitrogen and oxygen atoms in total. The van der Waals surface area contributed by atoms with Gasteiger partial charge in [-0.1, -0.05) is 6.92 Å². The van der Waals surface area contributed by atoms with Crippen LogP contribution in [0.5, 0.6) is 0 Å². The molecule has 0 amide bonds. The molecular formula is C3H8FNO3S. The maximum atomic E-state index is 12.0. The maximum Gasteiger partial charge on any atom is 0.335 e. The van der Waals surface area contributed by atoms with E-state index in [4.69, 9.17) is 4.55 Å². The van der Waals surface area contributed by atoms with Crippen LogP contribution in [0.3, 0.4) is 0 Å². The molecule has 0 spiro atoms. The Balaban J connectivity index is 3.75. The first kappa shape index (κ1) is 8.80. The van der Waals surface area contributed by atoms with Crippen LogP contribution in [0.4, 0.5) is 4.39 Å². The molecule has 0 aromatic heterocycles. The van der Waals surface area contributed by atoms with E-state index in [-0.39, 0.29) is 6.42 Å². The second-order valence-corrected chi connectivity index (χ2v) is 2.65. The van der Waals surface area contributed by atoms with Gasteiger partial charge < -0.3 is 0 Å². The Morgan fingerprint density at radius 3 is 2.33 bits per heavy atom. The molecule has 0 saturated heterocycles. The second-order valence-electron chi connectivity index (χ2n) is 1.47. The highest BCUT2D eigenvalue weighted by molar-refractivity contribution is 7.83. The van der Waals surface area contributed by atoms with Gasteiger partial charge in [0.05, 0.1) is 0 Å². The van der Waals surface area contributed by atoms with Crippen LogP contribution in [0.1, 0.15) is 13.3 Å². The average molecular weight is 157 g/mol. The summed E-state index contributed by atoms with van der Waals surface area (Å²) in [5.74, 6) is 0. The number of hydrogen-bond acceptors (Lipinski definition) is 2. The lowest BCUT2D eigenvalue weighted by molar-refractivity contribution is 0.295. The molecule has 0 aliphatic carbocycles. The summed E-state index contributed by atoms with van der Waals surface area (Å²) in [7, 11) is -4.36. The van der Waals surface area contributed by atoms with Crippen LogP contribution in [0.15, 0.2) is 0 Å². The third-order valence-corrected chi connectivity index (χ3v) is 1.19. The zero-order valence-electron chi connectivity index (χ0n) is 4.83. The molecule has 56 valence electrons. The molecule has 0 radical (unpaired) electrons. The van der Waals surface area contributed by atoms with Gasteiger partial charge in [0.25, 0.3) is 0 Å². The van der Waals surface area contributed by atoms with Gasteiger partial charge in [-0.3, -0.25) is 4.55 Å². The highest BCUT2D eigenvalue weighted by Gasteiger charge is 2.10. The van der Waals surface area contributed by atoms with E-state index in [0.29, 0.717) is 0 Å². The SMILES string of the molecule is CCC(F)NS(=O)(=O)O. The number of rotatable bonds is 3. The second kappa shape index (κ2) is 3.09. The number of hydrogen-bond donors (Lipinski definition) is 2. The van der Waals surface area contributed by atoms with Crippen molar-refractivity contribution in [1.82, 2.24) is 4.72 Å². The monoisotopic (exact) mass is 157 g/mol. The Hall–Kier alpha value is -0.200. The lowest BCUT2D eigenvalue weighted by Gasteiger charge is -2.02. The third kappa shape index (κ3) is 5.67. The number of nitrogens with one attached hydrogen (secondary N) is 1. The van der Waals surface area contributed by atoms with Crippen LogP contribution in [-0.4, -0.2) is 19.3 Å². The standard InChI is InChI=1S/C3H8FNO3S/c1-2-3(4)5-9(6,7)8/h3,5H,2H2,1H3,(H,6,7,8). The Morgan fingerprint density at radius 2 is 2.22 bits per heavy atom. The minimum atomic E-state index is -4.36. The lowest BCUT2D eigenvalue weighted by atomic mass is 10.5. The highest BCUT2D eigenvalue weighted by Crippen LogP contribution is 1.92. The van der Waals surface area contributed by atoms with Gasteiger partial charge in [0, 0.05) is 0 Å². The minimum Gasteiger partial charge on any atom is -0.273 e. The Labute approximate surface area is 52.9 Å². The van der Waals surface area contributed by atoms with E-state index in [0.717, 1.165) is 0 Å². The molecule has 6 heteroatoms. The predicted octanol–water partition coefficient (Wildman–Crippen LogP) is 0.0844. The van der Waals surface area contributed by atoms with Crippen molar-refractivity contribution in [3.8, 4) is 0 Å². The molecule has 2 N–H and O–H groups in total. The zero-order valence-corrected chi connectivity index (χ0v) is 5.65. The quantitative estimate of drug-likeness (QED) is 0.450. The van der Waals surface area contributed by atoms with Gasteiger partial charge in [-0.2, -0.15) is 13.1 Å². The van der Waals surface area contributed by atoms with E-state index < -0.39 is 16.6 Å². The van der Waals surface area contributed by atoms with E-state index in [1.807, 2.05) is 0 Å². The van der Waals surface area contributed by atoms with Gasteiger partial charge in [-0.15, -0.1) is 0 Å². The van der Waals surface area contributed by atoms with Crippen molar-refractivity contribution in [2.24, 2.45) is 0 Å². The Bertz CT molecular complexity index is 166. The van der Waals surface area contributed by atoms with Gasteiger partial charge in [0.15, 0.2) is 6.30 Å². The molecule has 0 fully saturated rings. The number of halogens is 1. The molecule has 9 heavy (non-hydrogen) atoms. The summed E-state index contributed by atoms with van der Waals surface area (Å²) in [6, 6.07) is 0. The number of alkyl halides is 1. The van der Waals surface area contributed by atoms with Crippen molar-refractivity contribution in [3.63, 3.8) is 0 Å². The van der Waals surface area contributed by atoms with Gasteiger partial charge >= 0.3 is 10.3 Å². The van der Waals surface area contributed by atoms with E-state index in [9.17, 15) is 12.8 Å². The normalized spacial score (nSPS) is 15.4. The van der Waals surface area contributed by atoms with Gasteiger partial charge in [0.1, 0.15) is 0 Å². The molecular weight excluding hydrogens is 149 g/mol. The van der Waals surface area contributed by atoms with Gasteiger partial charge in [0.2, 0.25) is 0 Å². The van der Waals surface area contributed by atoms with Crippen LogP contribution in [0.25, 0.3) is 0 Å². The Morgan fingerprint density at radius 1 is 1.78 bits per heavy atom. The van der Waals surface area contributed by atoms with E-state index >= 15 is 0 Å². The molecule has 0 aromatic carbocycles. The predicted molar refractivity (Wildman–Crippen MR) is 29.9 cm³/mol. The zero-order chi connectivity index (χ0) is 7.49. The third-order valence-electron chi connectivity index (χ3n) is 0.635. The van der Waals surface area contributed by atoms with Crippen molar-refractivity contribution in [1.29, 1.82) is 0 Å². The first-order valence-electron chi connectivity index (χ1n) is 2.34. The average Bonchev–Trinajstić information content (AvgIpc) is 1.62. The summed E-state index contributed by atoms with van der Waals surface area (Å²) in [5.41, 5.74) is 0. The van der Waals surface area contributed by atoms with Crippen molar-refractivity contribution >= 4 is 10.3 Å². The van der Waals surface area contributed by atoms with Gasteiger partial charge in [-0.25, -0.2) is 4.39 Å². The topological polar surface area (TPSA) is 66.4 Å². The van der Waals surface area contributed by atoms with E-state index in [1.165, 1.54) is 11.6 Å². The molecule has 0 saturated carbocycles. The highest BCUT2D eigenvalue weighted by atomic mass is 32.2. The maximum absolute atomic E-state index is 12.0. The molecule has 0 heterocycles. The molecule has 0 bridgehead atoms. The first-order valence-corrected chi connectivity index (χ1v) is 3.78. The molecule has 1 atom stereocenters. The smallest absolute Gasteiger partial charge is 0.273 e. The molecule has 1 unspecified atom stereocenters. The first-order chi connectivity index (χ1) is 3.95. The molecule has 0 aliphatic rings. The van der Waals surface area contributed by atoms with Crippen molar-refractivity contribution in [2.45, 2.75) is 19.6 Å². The Kier molecular flexibility index (Phi) is 3.02. The molecule has 0 aromatic rings. The van der Waals surface area contributed by atoms with Crippen LogP contribution < -0.4 is 4.72 Å². The summed E-state index contributed by atoms with van der Waals surface area (Å²) in [6.07, 6.45) is -1.69. The van der Waals surface area contributed by atoms with E-state index in [1.54, 1.807) is 0 Å². The van der Waals surface area contributed by atoms with Crippen molar-refractivity contribution in [2.75, 3.05) is 0 Å². The van der Waals surface area contributed by atoms with Crippen molar-refractivity contribution in [3.05, 3.63) is 0 Å². The van der Waals surface area contributed by atoms with E-state index in [2.05, 4.69) is 0 Å². The molecule has 0 rings (SSSR count). The summed E-state index contributed by atoms with van der Waals surface area (Å²) in [5, 5.41) is 0. The minimum absolute atomic E-state index is 0.000208. The largest absolute Gasteiger partial charge is 0.335 e. The summed E-state index contributed by atoms with van der Waals surface area (Å²) >= 11 is 0. The summed E-state index contributed by atoms with van der Waals surface area (Å²) < 4.78 is 40.9. The van der Waals surface area contributed by atoms with Crippen molar-refractivity contribution < 1.29 is 17.4 Å². The summed E-state index contributed by atoms with van der Waals surface area (Å²) in [4.78, 5) is 0. The van der Waals surface area contributed by atoms with Crippen LogP contribution in [-0.2, 0) is 10.3 Å². The van der Waals surface area contributed by atoms with Crippen LogP contribution in [0, 0.1) is 0 Å². The van der Waals surface area contributed by atoms with Crippen LogP contribution in [0.2, 0.25) is 0 Å². The van der Waals surface area contributed by atoms with Gasteiger partial charge in [-0.05, 0) is 6.42 Å². The fourth-order valence-corrected chi connectivity index (χ4v) is 0.735. The lowest BCUT2D eigenvalue weighted by Crippen LogP contribution is -2.30.